The first kappa shape index (κ1) is 11.2. The lowest BCUT2D eigenvalue weighted by atomic mass is 10.3. The molecule has 0 bridgehead atoms. The third-order valence-electron chi connectivity index (χ3n) is 1.85. The van der Waals surface area contributed by atoms with Crippen LogP contribution in [-0.4, -0.2) is 19.6 Å². The van der Waals surface area contributed by atoms with Gasteiger partial charge in [-0.15, -0.1) is 11.6 Å². The molecule has 0 aliphatic carbocycles. The lowest BCUT2D eigenvalue weighted by Gasteiger charge is -2.09. The second kappa shape index (κ2) is 6.55. The van der Waals surface area contributed by atoms with E-state index in [9.17, 15) is 0 Å². The number of methoxy groups -OCH3 is 1. The second-order valence-corrected chi connectivity index (χ2v) is 3.27. The molecule has 1 rings (SSSR count). The van der Waals surface area contributed by atoms with Gasteiger partial charge in [-0.25, -0.2) is 0 Å². The summed E-state index contributed by atoms with van der Waals surface area (Å²) in [6, 6.07) is 7.64. The smallest absolute Gasteiger partial charge is 0.161 e. The Kier molecular flexibility index (Phi) is 5.23. The highest BCUT2D eigenvalue weighted by Crippen LogP contribution is 2.25. The van der Waals surface area contributed by atoms with Crippen LogP contribution in [0.25, 0.3) is 0 Å². The fraction of sp³-hybridized carbons (Fsp3) is 0.455. The van der Waals surface area contributed by atoms with E-state index in [0.717, 1.165) is 24.3 Å². The van der Waals surface area contributed by atoms with E-state index in [4.69, 9.17) is 21.1 Å². The van der Waals surface area contributed by atoms with Crippen molar-refractivity contribution in [2.45, 2.75) is 12.8 Å². The zero-order valence-electron chi connectivity index (χ0n) is 8.33. The van der Waals surface area contributed by atoms with E-state index in [1.807, 2.05) is 24.3 Å². The molecule has 1 aromatic rings. The predicted molar refractivity (Wildman–Crippen MR) is 58.4 cm³/mol. The molecule has 0 spiro atoms. The van der Waals surface area contributed by atoms with Crippen LogP contribution in [-0.2, 0) is 0 Å². The molecule has 0 aliphatic heterocycles. The van der Waals surface area contributed by atoms with Gasteiger partial charge in [0.25, 0.3) is 0 Å². The first-order valence-corrected chi connectivity index (χ1v) is 5.23. The van der Waals surface area contributed by atoms with E-state index < -0.39 is 0 Å². The molecule has 2 nitrogen and oxygen atoms in total. The fourth-order valence-electron chi connectivity index (χ4n) is 1.12. The molecule has 0 heterocycles. The van der Waals surface area contributed by atoms with E-state index >= 15 is 0 Å². The van der Waals surface area contributed by atoms with Gasteiger partial charge in [-0.3, -0.25) is 0 Å². The topological polar surface area (TPSA) is 18.5 Å². The Morgan fingerprint density at radius 3 is 2.50 bits per heavy atom. The van der Waals surface area contributed by atoms with Crippen LogP contribution in [0.3, 0.4) is 0 Å². The third-order valence-corrected chi connectivity index (χ3v) is 2.12. The summed E-state index contributed by atoms with van der Waals surface area (Å²) in [5, 5.41) is 0. The number of rotatable bonds is 6. The molecule has 0 unspecified atom stereocenters. The fourth-order valence-corrected chi connectivity index (χ4v) is 1.31. The van der Waals surface area contributed by atoms with Gasteiger partial charge in [0.1, 0.15) is 0 Å². The Bertz CT molecular complexity index is 263. The van der Waals surface area contributed by atoms with Crippen LogP contribution in [0.1, 0.15) is 12.8 Å². The van der Waals surface area contributed by atoms with E-state index in [1.165, 1.54) is 0 Å². The number of ether oxygens (including phenoxy) is 2. The lowest BCUT2D eigenvalue weighted by Crippen LogP contribution is -1.99. The van der Waals surface area contributed by atoms with Crippen molar-refractivity contribution in [2.75, 3.05) is 19.6 Å². The van der Waals surface area contributed by atoms with Gasteiger partial charge >= 0.3 is 0 Å². The molecule has 0 N–H and O–H groups in total. The van der Waals surface area contributed by atoms with Crippen molar-refractivity contribution in [1.82, 2.24) is 0 Å². The monoisotopic (exact) mass is 214 g/mol. The summed E-state index contributed by atoms with van der Waals surface area (Å²) in [4.78, 5) is 0. The predicted octanol–water partition coefficient (Wildman–Crippen LogP) is 3.09. The van der Waals surface area contributed by atoms with Gasteiger partial charge in [0.05, 0.1) is 13.7 Å². The first-order chi connectivity index (χ1) is 6.88. The maximum absolute atomic E-state index is 5.56. The van der Waals surface area contributed by atoms with Gasteiger partial charge in [-0.1, -0.05) is 12.1 Å². The molecule has 0 saturated heterocycles. The van der Waals surface area contributed by atoms with Crippen molar-refractivity contribution >= 4 is 11.6 Å². The Hall–Kier alpha value is -0.890. The zero-order valence-corrected chi connectivity index (χ0v) is 9.09. The summed E-state index contributed by atoms with van der Waals surface area (Å²) in [7, 11) is 1.64. The van der Waals surface area contributed by atoms with Gasteiger partial charge in [-0.05, 0) is 25.0 Å². The molecule has 0 atom stereocenters. The van der Waals surface area contributed by atoms with E-state index in [2.05, 4.69) is 0 Å². The summed E-state index contributed by atoms with van der Waals surface area (Å²) >= 11 is 5.56. The van der Waals surface area contributed by atoms with Crippen LogP contribution in [0.5, 0.6) is 11.5 Å². The summed E-state index contributed by atoms with van der Waals surface area (Å²) in [5.74, 6) is 2.26. The van der Waals surface area contributed by atoms with Crippen molar-refractivity contribution in [1.29, 1.82) is 0 Å². The highest BCUT2D eigenvalue weighted by molar-refractivity contribution is 6.17. The average molecular weight is 215 g/mol. The first-order valence-electron chi connectivity index (χ1n) is 4.70. The molecule has 0 fully saturated rings. The number of para-hydroxylation sites is 2. The molecule has 14 heavy (non-hydrogen) atoms. The standard InChI is InChI=1S/C11H15ClO2/c1-13-10-6-2-3-7-11(10)14-9-5-4-8-12/h2-3,6-7H,4-5,8-9H2,1H3. The van der Waals surface area contributed by atoms with Crippen molar-refractivity contribution in [3.63, 3.8) is 0 Å². The third kappa shape index (κ3) is 3.46. The van der Waals surface area contributed by atoms with E-state index in [1.54, 1.807) is 7.11 Å². The number of alkyl halides is 1. The highest BCUT2D eigenvalue weighted by Gasteiger charge is 2.00. The lowest BCUT2D eigenvalue weighted by molar-refractivity contribution is 0.288. The molecular formula is C11H15ClO2. The second-order valence-electron chi connectivity index (χ2n) is 2.90. The molecule has 0 saturated carbocycles. The van der Waals surface area contributed by atoms with Gasteiger partial charge < -0.3 is 9.47 Å². The molecule has 0 amide bonds. The minimum Gasteiger partial charge on any atom is -0.493 e. The van der Waals surface area contributed by atoms with Crippen LogP contribution in [0.4, 0.5) is 0 Å². The van der Waals surface area contributed by atoms with E-state index in [0.29, 0.717) is 12.5 Å². The average Bonchev–Trinajstić information content (AvgIpc) is 2.25. The maximum atomic E-state index is 5.56. The molecule has 0 aliphatic rings. The molecule has 1 aromatic carbocycles. The molecule has 3 heteroatoms. The maximum Gasteiger partial charge on any atom is 0.161 e. The van der Waals surface area contributed by atoms with Crippen LogP contribution < -0.4 is 9.47 Å². The molecule has 0 radical (unpaired) electrons. The zero-order chi connectivity index (χ0) is 10.2. The summed E-state index contributed by atoms with van der Waals surface area (Å²) in [6.07, 6.45) is 1.96. The number of hydrogen-bond donors (Lipinski definition) is 0. The van der Waals surface area contributed by atoms with Crippen LogP contribution in [0.2, 0.25) is 0 Å². The van der Waals surface area contributed by atoms with Gasteiger partial charge in [0.2, 0.25) is 0 Å². The quantitative estimate of drug-likeness (QED) is 0.535. The van der Waals surface area contributed by atoms with Gasteiger partial charge in [0.15, 0.2) is 11.5 Å². The largest absolute Gasteiger partial charge is 0.493 e. The van der Waals surface area contributed by atoms with Crippen molar-refractivity contribution in [2.24, 2.45) is 0 Å². The highest BCUT2D eigenvalue weighted by atomic mass is 35.5. The van der Waals surface area contributed by atoms with Gasteiger partial charge in [0, 0.05) is 5.88 Å². The van der Waals surface area contributed by atoms with Crippen molar-refractivity contribution in [3.05, 3.63) is 24.3 Å². The Balaban J connectivity index is 2.41. The number of unbranched alkanes of at least 4 members (excludes halogenated alkanes) is 1. The number of hydrogen-bond acceptors (Lipinski definition) is 2. The van der Waals surface area contributed by atoms with Gasteiger partial charge in [-0.2, -0.15) is 0 Å². The van der Waals surface area contributed by atoms with E-state index in [-0.39, 0.29) is 0 Å². The summed E-state index contributed by atoms with van der Waals surface area (Å²) < 4.78 is 10.7. The molecular weight excluding hydrogens is 200 g/mol. The SMILES string of the molecule is COc1ccccc1OCCCCCl. The Morgan fingerprint density at radius 2 is 1.86 bits per heavy atom. The van der Waals surface area contributed by atoms with Crippen molar-refractivity contribution in [3.8, 4) is 11.5 Å². The van der Waals surface area contributed by atoms with Crippen LogP contribution in [0.15, 0.2) is 24.3 Å². The van der Waals surface area contributed by atoms with Crippen LogP contribution >= 0.6 is 11.6 Å². The minimum absolute atomic E-state index is 0.688. The number of benzene rings is 1. The Morgan fingerprint density at radius 1 is 1.14 bits per heavy atom. The molecule has 0 aromatic heterocycles. The summed E-state index contributed by atoms with van der Waals surface area (Å²) in [5.41, 5.74) is 0. The van der Waals surface area contributed by atoms with Crippen LogP contribution in [0, 0.1) is 0 Å². The van der Waals surface area contributed by atoms with Crippen molar-refractivity contribution < 1.29 is 9.47 Å². The summed E-state index contributed by atoms with van der Waals surface area (Å²) in [6.45, 7) is 0.688. The number of halogens is 1. The molecule has 78 valence electrons. The normalized spacial score (nSPS) is 9.86. The minimum atomic E-state index is 0.688. The Labute approximate surface area is 89.8 Å².